The number of ether oxygens (including phenoxy) is 1. The second-order valence-corrected chi connectivity index (χ2v) is 8.13. The molecule has 34 heavy (non-hydrogen) atoms. The number of rotatable bonds is 7. The summed E-state index contributed by atoms with van der Waals surface area (Å²) in [6, 6.07) is 18.9. The molecular formula is C25H20N2O6S. The molecule has 172 valence electrons. The first-order valence-corrected chi connectivity index (χ1v) is 11.2. The van der Waals surface area contributed by atoms with E-state index in [9.17, 15) is 14.4 Å². The minimum atomic E-state index is -1.01. The molecule has 4 rings (SSSR count). The Labute approximate surface area is 199 Å². The molecule has 2 aromatic carbocycles. The third-order valence-electron chi connectivity index (χ3n) is 4.78. The lowest BCUT2D eigenvalue weighted by Crippen LogP contribution is -2.35. The summed E-state index contributed by atoms with van der Waals surface area (Å²) in [4.78, 5) is 42.4. The van der Waals surface area contributed by atoms with Gasteiger partial charge in [-0.15, -0.1) is 0 Å². The van der Waals surface area contributed by atoms with E-state index in [-0.39, 0.29) is 24.6 Å². The molecule has 1 aromatic heterocycles. The van der Waals surface area contributed by atoms with Gasteiger partial charge in [0.25, 0.3) is 5.91 Å². The van der Waals surface area contributed by atoms with E-state index in [1.807, 2.05) is 18.2 Å². The molecule has 0 bridgehead atoms. The Bertz CT molecular complexity index is 1280. The van der Waals surface area contributed by atoms with Crippen molar-refractivity contribution >= 4 is 46.5 Å². The summed E-state index contributed by atoms with van der Waals surface area (Å²) < 4.78 is 10.9. The highest BCUT2D eigenvalue weighted by molar-refractivity contribution is 8.18. The molecule has 0 aliphatic carbocycles. The Morgan fingerprint density at radius 1 is 1.09 bits per heavy atom. The Hall–Kier alpha value is -4.11. The zero-order valence-electron chi connectivity index (χ0n) is 18.1. The van der Waals surface area contributed by atoms with E-state index in [1.165, 1.54) is 17.0 Å². The Kier molecular flexibility index (Phi) is 6.93. The van der Waals surface area contributed by atoms with Crippen molar-refractivity contribution in [1.82, 2.24) is 4.90 Å². The van der Waals surface area contributed by atoms with Crippen LogP contribution in [0.1, 0.15) is 23.0 Å². The van der Waals surface area contributed by atoms with Crippen molar-refractivity contribution in [3.8, 4) is 11.3 Å². The number of carboxylic acid groups (broad SMARTS) is 1. The van der Waals surface area contributed by atoms with Crippen LogP contribution in [0, 0.1) is 0 Å². The van der Waals surface area contributed by atoms with Gasteiger partial charge in [0.05, 0.1) is 22.8 Å². The molecule has 0 atom stereocenters. The van der Waals surface area contributed by atoms with Crippen molar-refractivity contribution in [3.05, 3.63) is 83.0 Å². The summed E-state index contributed by atoms with van der Waals surface area (Å²) in [6.45, 7) is 1.67. The van der Waals surface area contributed by atoms with Gasteiger partial charge in [-0.05, 0) is 55.1 Å². The number of thioether (sulfide) groups is 1. The van der Waals surface area contributed by atoms with Crippen molar-refractivity contribution in [1.29, 1.82) is 0 Å². The Balaban J connectivity index is 1.60. The molecular weight excluding hydrogens is 456 g/mol. The number of carbonyl (C=O) groups excluding carboxylic acids is 2. The molecule has 1 aliphatic rings. The van der Waals surface area contributed by atoms with Gasteiger partial charge in [-0.25, -0.2) is 9.79 Å². The number of amides is 1. The number of hydrogen-bond donors (Lipinski definition) is 1. The largest absolute Gasteiger partial charge is 0.478 e. The van der Waals surface area contributed by atoms with E-state index in [2.05, 4.69) is 4.99 Å². The van der Waals surface area contributed by atoms with Crippen LogP contribution in [0.3, 0.4) is 0 Å². The number of furan rings is 1. The summed E-state index contributed by atoms with van der Waals surface area (Å²) >= 11 is 1.14. The zero-order chi connectivity index (χ0) is 24.1. The summed E-state index contributed by atoms with van der Waals surface area (Å²) in [5.41, 5.74) is 1.53. The zero-order valence-corrected chi connectivity index (χ0v) is 19.0. The molecule has 9 heteroatoms. The fourth-order valence-electron chi connectivity index (χ4n) is 3.17. The number of hydrogen-bond acceptors (Lipinski definition) is 7. The van der Waals surface area contributed by atoms with Gasteiger partial charge >= 0.3 is 11.9 Å². The van der Waals surface area contributed by atoms with Gasteiger partial charge < -0.3 is 14.3 Å². The van der Waals surface area contributed by atoms with Crippen molar-refractivity contribution in [2.75, 3.05) is 13.2 Å². The van der Waals surface area contributed by atoms with Crippen LogP contribution >= 0.6 is 11.8 Å². The number of aliphatic imine (C=N–C) groups is 1. The summed E-state index contributed by atoms with van der Waals surface area (Å²) in [5.74, 6) is -0.945. The lowest BCUT2D eigenvalue weighted by atomic mass is 10.1. The predicted octanol–water partition coefficient (Wildman–Crippen LogP) is 4.81. The van der Waals surface area contributed by atoms with E-state index in [1.54, 1.807) is 49.4 Å². The van der Waals surface area contributed by atoms with Crippen LogP contribution in [-0.2, 0) is 14.3 Å². The molecule has 1 saturated heterocycles. The molecule has 1 aliphatic heterocycles. The van der Waals surface area contributed by atoms with Gasteiger partial charge in [0.1, 0.15) is 18.1 Å². The second kappa shape index (κ2) is 10.2. The highest BCUT2D eigenvalue weighted by atomic mass is 32.2. The molecule has 1 fully saturated rings. The molecule has 0 spiro atoms. The van der Waals surface area contributed by atoms with Crippen LogP contribution in [0.25, 0.3) is 17.4 Å². The van der Waals surface area contributed by atoms with Crippen molar-refractivity contribution in [2.24, 2.45) is 4.99 Å². The van der Waals surface area contributed by atoms with E-state index in [0.717, 1.165) is 11.8 Å². The maximum absolute atomic E-state index is 13.1. The quantitative estimate of drug-likeness (QED) is 0.385. The van der Waals surface area contributed by atoms with Gasteiger partial charge in [0.2, 0.25) is 0 Å². The molecule has 8 nitrogen and oxygen atoms in total. The number of esters is 1. The highest BCUT2D eigenvalue weighted by Gasteiger charge is 2.35. The Morgan fingerprint density at radius 3 is 2.50 bits per heavy atom. The molecule has 0 saturated carbocycles. The molecule has 2 heterocycles. The van der Waals surface area contributed by atoms with Crippen LogP contribution in [0.5, 0.6) is 0 Å². The van der Waals surface area contributed by atoms with Crippen LogP contribution in [0.4, 0.5) is 5.69 Å². The van der Waals surface area contributed by atoms with Gasteiger partial charge in [-0.3, -0.25) is 14.5 Å². The number of amidine groups is 1. The van der Waals surface area contributed by atoms with Crippen LogP contribution in [0.15, 0.2) is 81.0 Å². The number of aromatic carboxylic acids is 1. The first-order chi connectivity index (χ1) is 16.4. The van der Waals surface area contributed by atoms with Crippen molar-refractivity contribution in [3.63, 3.8) is 0 Å². The third-order valence-corrected chi connectivity index (χ3v) is 5.78. The van der Waals surface area contributed by atoms with Crippen molar-refractivity contribution in [2.45, 2.75) is 6.92 Å². The van der Waals surface area contributed by atoms with E-state index < -0.39 is 11.9 Å². The van der Waals surface area contributed by atoms with E-state index in [0.29, 0.717) is 32.8 Å². The number of benzene rings is 2. The fourth-order valence-corrected chi connectivity index (χ4v) is 4.15. The lowest BCUT2D eigenvalue weighted by molar-refractivity contribution is -0.145. The summed E-state index contributed by atoms with van der Waals surface area (Å²) in [5, 5.41) is 9.41. The molecule has 3 aromatic rings. The van der Waals surface area contributed by atoms with Gasteiger partial charge in [-0.1, -0.05) is 30.3 Å². The lowest BCUT2D eigenvalue weighted by Gasteiger charge is -2.14. The van der Waals surface area contributed by atoms with Crippen LogP contribution in [-0.4, -0.2) is 46.2 Å². The standard InChI is InChI=1S/C25H20N2O6S/c1-2-32-22(28)15-27-23(29)21(34-25(27)26-18-6-4-3-5-7-18)14-19-12-13-20(33-19)16-8-10-17(11-9-16)24(30)31/h3-14H,2,15H2,1H3,(H,30,31)/b21-14-,26-25?. The number of para-hydroxylation sites is 1. The maximum Gasteiger partial charge on any atom is 0.335 e. The maximum atomic E-state index is 13.1. The average Bonchev–Trinajstić information content (AvgIpc) is 3.41. The monoisotopic (exact) mass is 476 g/mol. The van der Waals surface area contributed by atoms with Crippen LogP contribution in [0.2, 0.25) is 0 Å². The molecule has 1 amide bonds. The van der Waals surface area contributed by atoms with Gasteiger partial charge in [0.15, 0.2) is 5.17 Å². The molecule has 0 unspecified atom stereocenters. The SMILES string of the molecule is CCOC(=O)CN1C(=O)/C(=C/c2ccc(-c3ccc(C(=O)O)cc3)o2)SC1=Nc1ccccc1. The Morgan fingerprint density at radius 2 is 1.82 bits per heavy atom. The summed E-state index contributed by atoms with van der Waals surface area (Å²) in [7, 11) is 0. The second-order valence-electron chi connectivity index (χ2n) is 7.12. The van der Waals surface area contributed by atoms with E-state index >= 15 is 0 Å². The van der Waals surface area contributed by atoms with Crippen LogP contribution < -0.4 is 0 Å². The summed E-state index contributed by atoms with van der Waals surface area (Å²) in [6.07, 6.45) is 1.59. The van der Waals surface area contributed by atoms with Crippen molar-refractivity contribution < 1.29 is 28.6 Å². The predicted molar refractivity (Wildman–Crippen MR) is 129 cm³/mol. The molecule has 1 N–H and O–H groups in total. The fraction of sp³-hybridized carbons (Fsp3) is 0.120. The average molecular weight is 477 g/mol. The number of carboxylic acids is 1. The highest BCUT2D eigenvalue weighted by Crippen LogP contribution is 2.35. The minimum Gasteiger partial charge on any atom is -0.478 e. The third kappa shape index (κ3) is 5.26. The normalized spacial score (nSPS) is 15.8. The first-order valence-electron chi connectivity index (χ1n) is 10.4. The van der Waals surface area contributed by atoms with Gasteiger partial charge in [0, 0.05) is 11.6 Å². The smallest absolute Gasteiger partial charge is 0.335 e. The topological polar surface area (TPSA) is 109 Å². The minimum absolute atomic E-state index is 0.178. The van der Waals surface area contributed by atoms with E-state index in [4.69, 9.17) is 14.3 Å². The molecule has 0 radical (unpaired) electrons. The number of carbonyl (C=O) groups is 3. The van der Waals surface area contributed by atoms with Gasteiger partial charge in [-0.2, -0.15) is 0 Å². The first kappa shape index (κ1) is 23.1. The number of nitrogens with zero attached hydrogens (tertiary/aromatic N) is 2.